The highest BCUT2D eigenvalue weighted by Gasteiger charge is 2.25. The summed E-state index contributed by atoms with van der Waals surface area (Å²) in [6, 6.07) is 0.547. The van der Waals surface area contributed by atoms with Crippen molar-refractivity contribution in [1.29, 1.82) is 0 Å². The third kappa shape index (κ3) is 3.05. The molecule has 0 unspecified atom stereocenters. The van der Waals surface area contributed by atoms with E-state index in [-0.39, 0.29) is 12.5 Å². The Bertz CT molecular complexity index is 406. The first-order chi connectivity index (χ1) is 8.74. The van der Waals surface area contributed by atoms with Gasteiger partial charge in [0.1, 0.15) is 0 Å². The third-order valence-electron chi connectivity index (χ3n) is 3.22. The number of aliphatic hydroxyl groups excluding tert-OH is 1. The molecular weight excluding hydrogens is 252 g/mol. The van der Waals surface area contributed by atoms with Crippen LogP contribution in [-0.4, -0.2) is 40.1 Å². The molecule has 0 aromatic carbocycles. The van der Waals surface area contributed by atoms with Crippen LogP contribution in [-0.2, 0) is 6.54 Å². The monoisotopic (exact) mass is 270 g/mol. The van der Waals surface area contributed by atoms with Crippen molar-refractivity contribution in [3.8, 4) is 0 Å². The molecule has 1 aromatic rings. The van der Waals surface area contributed by atoms with Crippen LogP contribution in [0.25, 0.3) is 0 Å². The summed E-state index contributed by atoms with van der Waals surface area (Å²) in [5.74, 6) is 4.71. The molecule has 1 aliphatic rings. The number of hydrogen-bond acceptors (Lipinski definition) is 6. The summed E-state index contributed by atoms with van der Waals surface area (Å²) in [5.41, 5.74) is 2.93. The molecule has 100 valence electrons. The highest BCUT2D eigenvalue weighted by molar-refractivity contribution is 7.11. The molecule has 7 heteroatoms. The normalized spacial score (nSPS) is 15.7. The smallest absolute Gasteiger partial charge is 0.294 e. The maximum atomic E-state index is 11.3. The number of carbonyl (C=O) groups excluding carboxylic acids is 1. The number of aromatic nitrogens is 1. The lowest BCUT2D eigenvalue weighted by atomic mass is 9.91. The molecule has 1 saturated carbocycles. The van der Waals surface area contributed by atoms with Crippen molar-refractivity contribution in [2.75, 3.05) is 13.2 Å². The van der Waals surface area contributed by atoms with Crippen LogP contribution < -0.4 is 11.3 Å². The molecule has 0 aliphatic heterocycles. The number of hydrogen-bond donors (Lipinski definition) is 3. The Balaban J connectivity index is 1.97. The summed E-state index contributed by atoms with van der Waals surface area (Å²) in [4.78, 5) is 17.8. The van der Waals surface area contributed by atoms with Crippen LogP contribution in [0.3, 0.4) is 0 Å². The number of aliphatic hydroxyl groups is 1. The number of amides is 1. The van der Waals surface area contributed by atoms with E-state index in [0.29, 0.717) is 24.1 Å². The standard InChI is InChI=1S/C11H18N4O2S/c12-14-10(17)11-13-8(7-18-11)6-15(4-5-16)9-2-1-3-9/h7,9,16H,1-6,12H2,(H,14,17). The van der Waals surface area contributed by atoms with E-state index in [1.165, 1.54) is 30.6 Å². The van der Waals surface area contributed by atoms with Gasteiger partial charge >= 0.3 is 0 Å². The minimum Gasteiger partial charge on any atom is -0.395 e. The molecule has 4 N–H and O–H groups in total. The van der Waals surface area contributed by atoms with E-state index in [2.05, 4.69) is 15.3 Å². The summed E-state index contributed by atoms with van der Waals surface area (Å²) in [6.07, 6.45) is 3.62. The van der Waals surface area contributed by atoms with Gasteiger partial charge in [0.15, 0.2) is 5.01 Å². The second-order valence-corrected chi connectivity index (χ2v) is 5.25. The van der Waals surface area contributed by atoms with Crippen molar-refractivity contribution in [1.82, 2.24) is 15.3 Å². The molecule has 0 spiro atoms. The lowest BCUT2D eigenvalue weighted by molar-refractivity contribution is 0.0924. The van der Waals surface area contributed by atoms with E-state index in [9.17, 15) is 4.79 Å². The van der Waals surface area contributed by atoms with Gasteiger partial charge in [0.25, 0.3) is 5.91 Å². The van der Waals surface area contributed by atoms with Gasteiger partial charge < -0.3 is 5.11 Å². The molecule has 0 radical (unpaired) electrons. The van der Waals surface area contributed by atoms with Gasteiger partial charge in [-0.3, -0.25) is 15.1 Å². The number of nitrogen functional groups attached to an aromatic ring is 1. The second-order valence-electron chi connectivity index (χ2n) is 4.40. The zero-order chi connectivity index (χ0) is 13.0. The summed E-state index contributed by atoms with van der Waals surface area (Å²) in [5, 5.41) is 11.3. The fraction of sp³-hybridized carbons (Fsp3) is 0.636. The van der Waals surface area contributed by atoms with Crippen LogP contribution in [0, 0.1) is 0 Å². The van der Waals surface area contributed by atoms with E-state index in [4.69, 9.17) is 10.9 Å². The Kier molecular flexibility index (Phi) is 4.65. The maximum Gasteiger partial charge on any atom is 0.294 e. The largest absolute Gasteiger partial charge is 0.395 e. The molecule has 1 fully saturated rings. The Morgan fingerprint density at radius 3 is 3.00 bits per heavy atom. The number of thiazole rings is 1. The van der Waals surface area contributed by atoms with Crippen LogP contribution >= 0.6 is 11.3 Å². The first kappa shape index (κ1) is 13.4. The van der Waals surface area contributed by atoms with Gasteiger partial charge in [0.05, 0.1) is 12.3 Å². The van der Waals surface area contributed by atoms with Gasteiger partial charge in [-0.25, -0.2) is 10.8 Å². The van der Waals surface area contributed by atoms with Gasteiger partial charge in [0, 0.05) is 24.5 Å². The molecule has 2 rings (SSSR count). The highest BCUT2D eigenvalue weighted by atomic mass is 32.1. The topological polar surface area (TPSA) is 91.5 Å². The van der Waals surface area contributed by atoms with Crippen molar-refractivity contribution < 1.29 is 9.90 Å². The van der Waals surface area contributed by atoms with Crippen LogP contribution in [0.2, 0.25) is 0 Å². The Hall–Kier alpha value is -1.02. The third-order valence-corrected chi connectivity index (χ3v) is 4.11. The summed E-state index contributed by atoms with van der Waals surface area (Å²) < 4.78 is 0. The molecule has 1 aromatic heterocycles. The minimum absolute atomic E-state index is 0.150. The first-order valence-corrected chi connectivity index (χ1v) is 6.93. The highest BCUT2D eigenvalue weighted by Crippen LogP contribution is 2.26. The van der Waals surface area contributed by atoms with Gasteiger partial charge in [-0.15, -0.1) is 11.3 Å². The molecule has 18 heavy (non-hydrogen) atoms. The lowest BCUT2D eigenvalue weighted by Crippen LogP contribution is -2.41. The van der Waals surface area contributed by atoms with E-state index in [1.54, 1.807) is 0 Å². The van der Waals surface area contributed by atoms with Crippen molar-refractivity contribution in [3.63, 3.8) is 0 Å². The number of carbonyl (C=O) groups is 1. The quantitative estimate of drug-likeness (QED) is 0.387. The van der Waals surface area contributed by atoms with Crippen molar-refractivity contribution in [2.24, 2.45) is 5.84 Å². The predicted molar refractivity (Wildman–Crippen MR) is 68.9 cm³/mol. The molecule has 6 nitrogen and oxygen atoms in total. The molecule has 0 saturated heterocycles. The molecule has 0 bridgehead atoms. The van der Waals surface area contributed by atoms with Crippen LogP contribution in [0.15, 0.2) is 5.38 Å². The van der Waals surface area contributed by atoms with Crippen LogP contribution in [0.1, 0.15) is 34.8 Å². The van der Waals surface area contributed by atoms with E-state index in [1.807, 2.05) is 5.38 Å². The summed E-state index contributed by atoms with van der Waals surface area (Å²) in [6.45, 7) is 1.48. The zero-order valence-corrected chi connectivity index (χ0v) is 10.9. The fourth-order valence-electron chi connectivity index (χ4n) is 2.02. The van der Waals surface area contributed by atoms with Gasteiger partial charge in [-0.05, 0) is 12.8 Å². The molecular formula is C11H18N4O2S. The van der Waals surface area contributed by atoms with Gasteiger partial charge in [-0.1, -0.05) is 6.42 Å². The molecule has 1 heterocycles. The molecule has 0 atom stereocenters. The Morgan fingerprint density at radius 1 is 1.67 bits per heavy atom. The second kappa shape index (κ2) is 6.24. The number of nitrogens with zero attached hydrogens (tertiary/aromatic N) is 2. The Morgan fingerprint density at radius 2 is 2.44 bits per heavy atom. The fourth-order valence-corrected chi connectivity index (χ4v) is 2.74. The van der Waals surface area contributed by atoms with Crippen LogP contribution in [0.5, 0.6) is 0 Å². The number of nitrogens with one attached hydrogen (secondary N) is 1. The van der Waals surface area contributed by atoms with Gasteiger partial charge in [0.2, 0.25) is 0 Å². The van der Waals surface area contributed by atoms with Crippen molar-refractivity contribution >= 4 is 17.2 Å². The number of hydrazine groups is 1. The van der Waals surface area contributed by atoms with E-state index in [0.717, 1.165) is 5.69 Å². The maximum absolute atomic E-state index is 11.3. The minimum atomic E-state index is -0.358. The van der Waals surface area contributed by atoms with E-state index >= 15 is 0 Å². The first-order valence-electron chi connectivity index (χ1n) is 6.05. The zero-order valence-electron chi connectivity index (χ0n) is 10.1. The molecule has 1 amide bonds. The lowest BCUT2D eigenvalue weighted by Gasteiger charge is -2.36. The van der Waals surface area contributed by atoms with E-state index < -0.39 is 0 Å². The van der Waals surface area contributed by atoms with Crippen molar-refractivity contribution in [2.45, 2.75) is 31.8 Å². The average Bonchev–Trinajstić information content (AvgIpc) is 2.74. The number of rotatable bonds is 6. The SMILES string of the molecule is NNC(=O)c1nc(CN(CCO)C2CCC2)cs1. The predicted octanol–water partition coefficient (Wildman–Crippen LogP) is 0.0934. The summed E-state index contributed by atoms with van der Waals surface area (Å²) >= 11 is 1.29. The summed E-state index contributed by atoms with van der Waals surface area (Å²) in [7, 11) is 0. The average molecular weight is 270 g/mol. The van der Waals surface area contributed by atoms with Crippen LogP contribution in [0.4, 0.5) is 0 Å². The van der Waals surface area contributed by atoms with Crippen molar-refractivity contribution in [3.05, 3.63) is 16.1 Å². The Labute approximate surface area is 110 Å². The molecule has 1 aliphatic carbocycles. The number of nitrogens with two attached hydrogens (primary N) is 1. The van der Waals surface area contributed by atoms with Gasteiger partial charge in [-0.2, -0.15) is 0 Å².